The van der Waals surface area contributed by atoms with Gasteiger partial charge in [0.15, 0.2) is 0 Å². The van der Waals surface area contributed by atoms with Gasteiger partial charge in [0.25, 0.3) is 0 Å². The summed E-state index contributed by atoms with van der Waals surface area (Å²) in [7, 11) is 2.08. The van der Waals surface area contributed by atoms with Gasteiger partial charge in [-0.1, -0.05) is 41.0 Å². The molecule has 0 saturated carbocycles. The van der Waals surface area contributed by atoms with E-state index >= 15 is 0 Å². The Morgan fingerprint density at radius 1 is 0.769 bits per heavy atom. The maximum absolute atomic E-state index is 3.47. The first-order valence-electron chi connectivity index (χ1n) is 10.9. The Morgan fingerprint density at radius 2 is 1.38 bits per heavy atom. The van der Waals surface area contributed by atoms with E-state index in [0.29, 0.717) is 16.4 Å². The molecule has 0 radical (unpaired) electrons. The quantitative estimate of drug-likeness (QED) is 0.618. The van der Waals surface area contributed by atoms with Crippen molar-refractivity contribution < 1.29 is 0 Å². The summed E-state index contributed by atoms with van der Waals surface area (Å²) in [6, 6.07) is 0. The van der Waals surface area contributed by atoms with Crippen molar-refractivity contribution >= 4 is 0 Å². The molecule has 1 saturated heterocycles. The van der Waals surface area contributed by atoms with Crippen molar-refractivity contribution in [2.75, 3.05) is 39.8 Å². The van der Waals surface area contributed by atoms with Crippen LogP contribution in [0.15, 0.2) is 0 Å². The Labute approximate surface area is 165 Å². The van der Waals surface area contributed by atoms with E-state index in [9.17, 15) is 0 Å². The second-order valence-electron chi connectivity index (χ2n) is 11.6. The summed E-state index contributed by atoms with van der Waals surface area (Å²) in [5.74, 6) is 0. The Bertz CT molecular complexity index is 423. The molecule has 0 unspecified atom stereocenters. The first-order chi connectivity index (χ1) is 11.7. The predicted molar refractivity (Wildman–Crippen MR) is 117 cm³/mol. The van der Waals surface area contributed by atoms with E-state index in [4.69, 9.17) is 0 Å². The van der Waals surface area contributed by atoms with Crippen molar-refractivity contribution in [1.82, 2.24) is 15.1 Å². The molecule has 1 aliphatic heterocycles. The average Bonchev–Trinajstić information content (AvgIpc) is 2.70. The summed E-state index contributed by atoms with van der Waals surface area (Å²) < 4.78 is 0. The smallest absolute Gasteiger partial charge is 0.0158 e. The molecule has 3 heteroatoms. The van der Waals surface area contributed by atoms with Crippen LogP contribution >= 0.6 is 0 Å². The molecule has 1 rings (SSSR count). The van der Waals surface area contributed by atoms with E-state index in [1.807, 2.05) is 0 Å². The standard InChI is InChI=1S/C23H49N3/c1-11-20(2,3)18-23(8,9)26-14-12-13-25(15-16-26)19-21(4,5)17-22(6,7)24-10/h24H,11-19H2,1-10H3. The summed E-state index contributed by atoms with van der Waals surface area (Å²) in [5, 5.41) is 3.47. The zero-order valence-corrected chi connectivity index (χ0v) is 19.8. The van der Waals surface area contributed by atoms with E-state index in [-0.39, 0.29) is 5.54 Å². The van der Waals surface area contributed by atoms with Crippen LogP contribution in [-0.4, -0.2) is 60.6 Å². The minimum absolute atomic E-state index is 0.203. The highest BCUT2D eigenvalue weighted by Crippen LogP contribution is 2.35. The van der Waals surface area contributed by atoms with Gasteiger partial charge in [0.05, 0.1) is 0 Å². The fourth-order valence-corrected chi connectivity index (χ4v) is 5.09. The van der Waals surface area contributed by atoms with Crippen molar-refractivity contribution in [3.8, 4) is 0 Å². The van der Waals surface area contributed by atoms with Crippen molar-refractivity contribution in [2.24, 2.45) is 10.8 Å². The number of hydrogen-bond acceptors (Lipinski definition) is 3. The predicted octanol–water partition coefficient (Wildman–Crippen LogP) is 5.01. The normalized spacial score (nSPS) is 19.6. The van der Waals surface area contributed by atoms with Gasteiger partial charge in [0, 0.05) is 30.7 Å². The van der Waals surface area contributed by atoms with E-state index < -0.39 is 0 Å². The second-order valence-corrected chi connectivity index (χ2v) is 11.6. The van der Waals surface area contributed by atoms with Gasteiger partial charge in [-0.05, 0) is 77.9 Å². The molecule has 0 aromatic carbocycles. The van der Waals surface area contributed by atoms with Gasteiger partial charge in [0.1, 0.15) is 0 Å². The van der Waals surface area contributed by atoms with Gasteiger partial charge in [-0.2, -0.15) is 0 Å². The Balaban J connectivity index is 2.65. The number of nitrogens with zero attached hydrogens (tertiary/aromatic N) is 2. The Morgan fingerprint density at radius 3 is 1.92 bits per heavy atom. The van der Waals surface area contributed by atoms with Gasteiger partial charge in [-0.15, -0.1) is 0 Å². The third kappa shape index (κ3) is 7.86. The van der Waals surface area contributed by atoms with Crippen molar-refractivity contribution in [3.63, 3.8) is 0 Å². The Kier molecular flexibility index (Phi) is 8.21. The van der Waals surface area contributed by atoms with E-state index in [0.717, 1.165) is 0 Å². The molecule has 0 amide bonds. The monoisotopic (exact) mass is 367 g/mol. The maximum Gasteiger partial charge on any atom is 0.0158 e. The molecule has 3 nitrogen and oxygen atoms in total. The molecular formula is C23H49N3. The van der Waals surface area contributed by atoms with Crippen molar-refractivity contribution in [3.05, 3.63) is 0 Å². The summed E-state index contributed by atoms with van der Waals surface area (Å²) in [6.45, 7) is 27.7. The summed E-state index contributed by atoms with van der Waals surface area (Å²) in [5.41, 5.74) is 1.26. The lowest BCUT2D eigenvalue weighted by Crippen LogP contribution is -2.48. The molecule has 1 fully saturated rings. The minimum Gasteiger partial charge on any atom is -0.315 e. The van der Waals surface area contributed by atoms with Gasteiger partial charge >= 0.3 is 0 Å². The highest BCUT2D eigenvalue weighted by Gasteiger charge is 2.35. The third-order valence-corrected chi connectivity index (χ3v) is 6.56. The highest BCUT2D eigenvalue weighted by atomic mass is 15.3. The van der Waals surface area contributed by atoms with Crippen molar-refractivity contribution in [2.45, 2.75) is 99.1 Å². The molecule has 1 N–H and O–H groups in total. The minimum atomic E-state index is 0.203. The molecule has 0 atom stereocenters. The van der Waals surface area contributed by atoms with Crippen LogP contribution in [-0.2, 0) is 0 Å². The van der Waals surface area contributed by atoms with E-state index in [1.165, 1.54) is 58.4 Å². The van der Waals surface area contributed by atoms with Crippen molar-refractivity contribution in [1.29, 1.82) is 0 Å². The summed E-state index contributed by atoms with van der Waals surface area (Å²) in [6.07, 6.45) is 5.03. The van der Waals surface area contributed by atoms with Crippen LogP contribution in [0, 0.1) is 10.8 Å². The lowest BCUT2D eigenvalue weighted by Gasteiger charge is -2.43. The first kappa shape index (κ1) is 23.9. The molecular weight excluding hydrogens is 318 g/mol. The highest BCUT2D eigenvalue weighted by molar-refractivity contribution is 4.90. The molecule has 0 bridgehead atoms. The average molecular weight is 368 g/mol. The molecule has 156 valence electrons. The van der Waals surface area contributed by atoms with Crippen LogP contribution in [0.3, 0.4) is 0 Å². The largest absolute Gasteiger partial charge is 0.315 e. The van der Waals surface area contributed by atoms with Gasteiger partial charge < -0.3 is 10.2 Å². The molecule has 0 spiro atoms. The lowest BCUT2D eigenvalue weighted by molar-refractivity contribution is 0.0707. The molecule has 0 aromatic rings. The van der Waals surface area contributed by atoms with Gasteiger partial charge in [-0.3, -0.25) is 4.90 Å². The van der Waals surface area contributed by atoms with Crippen LogP contribution in [0.4, 0.5) is 0 Å². The van der Waals surface area contributed by atoms with Crippen LogP contribution in [0.1, 0.15) is 88.0 Å². The van der Waals surface area contributed by atoms with E-state index in [2.05, 4.69) is 84.5 Å². The molecule has 1 aliphatic rings. The zero-order valence-electron chi connectivity index (χ0n) is 19.8. The second kappa shape index (κ2) is 8.92. The first-order valence-corrected chi connectivity index (χ1v) is 10.9. The van der Waals surface area contributed by atoms with Crippen LogP contribution in [0.5, 0.6) is 0 Å². The van der Waals surface area contributed by atoms with Gasteiger partial charge in [0.2, 0.25) is 0 Å². The molecule has 26 heavy (non-hydrogen) atoms. The molecule has 0 aliphatic carbocycles. The number of nitrogens with one attached hydrogen (secondary N) is 1. The Hall–Kier alpha value is -0.120. The fraction of sp³-hybridized carbons (Fsp3) is 1.00. The van der Waals surface area contributed by atoms with Crippen LogP contribution in [0.25, 0.3) is 0 Å². The number of rotatable bonds is 9. The fourth-order valence-electron chi connectivity index (χ4n) is 5.09. The van der Waals surface area contributed by atoms with E-state index in [1.54, 1.807) is 0 Å². The third-order valence-electron chi connectivity index (χ3n) is 6.56. The zero-order chi connectivity index (χ0) is 20.2. The summed E-state index contributed by atoms with van der Waals surface area (Å²) >= 11 is 0. The topological polar surface area (TPSA) is 18.5 Å². The SMILES string of the molecule is CCC(C)(C)CC(C)(C)N1CCCN(CC(C)(C)CC(C)(C)NC)CC1. The maximum atomic E-state index is 3.47. The van der Waals surface area contributed by atoms with Gasteiger partial charge in [-0.25, -0.2) is 0 Å². The molecule has 1 heterocycles. The number of hydrogen-bond donors (Lipinski definition) is 1. The van der Waals surface area contributed by atoms with Crippen LogP contribution < -0.4 is 5.32 Å². The van der Waals surface area contributed by atoms with Crippen LogP contribution in [0.2, 0.25) is 0 Å². The molecule has 0 aromatic heterocycles. The lowest BCUT2D eigenvalue weighted by atomic mass is 9.77. The summed E-state index contributed by atoms with van der Waals surface area (Å²) in [4.78, 5) is 5.47.